The molecule has 0 aliphatic heterocycles. The molecule has 1 aromatic carbocycles. The molecule has 0 heterocycles. The second-order valence-electron chi connectivity index (χ2n) is 4.24. The summed E-state index contributed by atoms with van der Waals surface area (Å²) in [5.74, 6) is -0.703. The van der Waals surface area contributed by atoms with Crippen LogP contribution in [0.5, 0.6) is 0 Å². The van der Waals surface area contributed by atoms with Crippen molar-refractivity contribution in [2.24, 2.45) is 0 Å². The van der Waals surface area contributed by atoms with E-state index in [4.69, 9.17) is 4.74 Å². The van der Waals surface area contributed by atoms with E-state index in [1.807, 2.05) is 6.92 Å². The molecule has 0 spiro atoms. The number of esters is 1. The van der Waals surface area contributed by atoms with Gasteiger partial charge in [0.2, 0.25) is 0 Å². The monoisotopic (exact) mass is 281 g/mol. The van der Waals surface area contributed by atoms with Crippen LogP contribution in [0.4, 0.5) is 0 Å². The molecule has 0 fully saturated rings. The highest BCUT2D eigenvalue weighted by Crippen LogP contribution is 2.10. The van der Waals surface area contributed by atoms with Crippen LogP contribution in [0.15, 0.2) is 29.2 Å². The standard InChI is InChI=1S/C14H19NO3S/c1-3-4-8-12(14(17)18-2)15-13(16)10-6-5-7-11(19)9-10/h5-7,9,12,19H,3-4,8H2,1-2H3,(H,15,16)/t12-/m0/s1. The van der Waals surface area contributed by atoms with Gasteiger partial charge in [-0.15, -0.1) is 12.6 Å². The molecule has 0 aromatic heterocycles. The Morgan fingerprint density at radius 2 is 2.16 bits per heavy atom. The summed E-state index contributed by atoms with van der Waals surface area (Å²) in [6, 6.07) is 6.28. The van der Waals surface area contributed by atoms with E-state index in [0.29, 0.717) is 16.9 Å². The third kappa shape index (κ3) is 4.95. The first-order valence-corrected chi connectivity index (χ1v) is 6.71. The molecule has 5 heteroatoms. The van der Waals surface area contributed by atoms with Crippen molar-refractivity contribution in [3.05, 3.63) is 29.8 Å². The van der Waals surface area contributed by atoms with Crippen molar-refractivity contribution in [2.75, 3.05) is 7.11 Å². The zero-order valence-electron chi connectivity index (χ0n) is 11.2. The minimum atomic E-state index is -0.596. The number of amides is 1. The largest absolute Gasteiger partial charge is 0.467 e. The molecule has 1 atom stereocenters. The molecule has 1 N–H and O–H groups in total. The maximum Gasteiger partial charge on any atom is 0.328 e. The lowest BCUT2D eigenvalue weighted by molar-refractivity contribution is -0.143. The highest BCUT2D eigenvalue weighted by molar-refractivity contribution is 7.80. The van der Waals surface area contributed by atoms with Crippen LogP contribution in [0, 0.1) is 0 Å². The summed E-state index contributed by atoms with van der Waals surface area (Å²) >= 11 is 4.18. The van der Waals surface area contributed by atoms with Crippen LogP contribution in [0.3, 0.4) is 0 Å². The number of thiol groups is 1. The number of unbranched alkanes of at least 4 members (excludes halogenated alkanes) is 1. The van der Waals surface area contributed by atoms with Gasteiger partial charge in [0, 0.05) is 10.5 Å². The van der Waals surface area contributed by atoms with Crippen LogP contribution in [-0.2, 0) is 9.53 Å². The molecule has 104 valence electrons. The van der Waals surface area contributed by atoms with Crippen LogP contribution in [0.25, 0.3) is 0 Å². The molecule has 0 bridgehead atoms. The van der Waals surface area contributed by atoms with Crippen molar-refractivity contribution in [1.29, 1.82) is 0 Å². The molecule has 0 unspecified atom stereocenters. The molecule has 4 nitrogen and oxygen atoms in total. The molecule has 0 saturated carbocycles. The molecule has 1 rings (SSSR count). The van der Waals surface area contributed by atoms with E-state index in [-0.39, 0.29) is 5.91 Å². The van der Waals surface area contributed by atoms with Gasteiger partial charge in [-0.3, -0.25) is 4.79 Å². The van der Waals surface area contributed by atoms with Gasteiger partial charge in [-0.1, -0.05) is 25.8 Å². The van der Waals surface area contributed by atoms with Crippen LogP contribution in [0.1, 0.15) is 36.5 Å². The summed E-state index contributed by atoms with van der Waals surface area (Å²) < 4.78 is 4.70. The normalized spacial score (nSPS) is 11.7. The van der Waals surface area contributed by atoms with Gasteiger partial charge in [-0.05, 0) is 24.6 Å². The lowest BCUT2D eigenvalue weighted by atomic mass is 10.1. The first kappa shape index (κ1) is 15.6. The van der Waals surface area contributed by atoms with Crippen LogP contribution >= 0.6 is 12.6 Å². The van der Waals surface area contributed by atoms with Crippen molar-refractivity contribution < 1.29 is 14.3 Å². The van der Waals surface area contributed by atoms with E-state index in [1.165, 1.54) is 7.11 Å². The van der Waals surface area contributed by atoms with Gasteiger partial charge in [0.15, 0.2) is 0 Å². The molecular weight excluding hydrogens is 262 g/mol. The highest BCUT2D eigenvalue weighted by atomic mass is 32.1. The van der Waals surface area contributed by atoms with Crippen molar-refractivity contribution >= 4 is 24.5 Å². The summed E-state index contributed by atoms with van der Waals surface area (Å²) in [5.41, 5.74) is 0.484. The Labute approximate surface area is 118 Å². The molecule has 0 aliphatic carbocycles. The SMILES string of the molecule is CCCC[C@H](NC(=O)c1cccc(S)c1)C(=O)OC. The zero-order valence-corrected chi connectivity index (χ0v) is 12.1. The highest BCUT2D eigenvalue weighted by Gasteiger charge is 2.21. The number of hydrogen-bond acceptors (Lipinski definition) is 4. The second-order valence-corrected chi connectivity index (χ2v) is 4.76. The number of rotatable bonds is 6. The predicted molar refractivity (Wildman–Crippen MR) is 76.5 cm³/mol. The number of benzene rings is 1. The van der Waals surface area contributed by atoms with Crippen LogP contribution in [0.2, 0.25) is 0 Å². The van der Waals surface area contributed by atoms with E-state index < -0.39 is 12.0 Å². The minimum absolute atomic E-state index is 0.289. The molecule has 1 aromatic rings. The van der Waals surface area contributed by atoms with Gasteiger partial charge in [0.05, 0.1) is 7.11 Å². The number of ether oxygens (including phenoxy) is 1. The van der Waals surface area contributed by atoms with E-state index in [9.17, 15) is 9.59 Å². The average molecular weight is 281 g/mol. The van der Waals surface area contributed by atoms with E-state index >= 15 is 0 Å². The Morgan fingerprint density at radius 1 is 1.42 bits per heavy atom. The lowest BCUT2D eigenvalue weighted by Crippen LogP contribution is -2.41. The van der Waals surface area contributed by atoms with Crippen LogP contribution < -0.4 is 5.32 Å². The molecule has 0 aliphatic rings. The Balaban J connectivity index is 2.72. The van der Waals surface area contributed by atoms with Gasteiger partial charge in [-0.25, -0.2) is 4.79 Å². The first-order chi connectivity index (χ1) is 9.08. The van der Waals surface area contributed by atoms with E-state index in [1.54, 1.807) is 24.3 Å². The zero-order chi connectivity index (χ0) is 14.3. The van der Waals surface area contributed by atoms with Crippen molar-refractivity contribution in [2.45, 2.75) is 37.1 Å². The van der Waals surface area contributed by atoms with E-state index in [0.717, 1.165) is 12.8 Å². The molecule has 0 saturated heterocycles. The Kier molecular flexibility index (Phi) is 6.42. The fourth-order valence-corrected chi connectivity index (χ4v) is 1.91. The molecule has 19 heavy (non-hydrogen) atoms. The fourth-order valence-electron chi connectivity index (χ4n) is 1.69. The van der Waals surface area contributed by atoms with Crippen molar-refractivity contribution in [3.8, 4) is 0 Å². The summed E-state index contributed by atoms with van der Waals surface area (Å²) in [7, 11) is 1.32. The van der Waals surface area contributed by atoms with E-state index in [2.05, 4.69) is 17.9 Å². The number of carbonyl (C=O) groups excluding carboxylic acids is 2. The molecular formula is C14H19NO3S. The number of nitrogens with one attached hydrogen (secondary N) is 1. The maximum atomic E-state index is 12.0. The molecule has 1 amide bonds. The minimum Gasteiger partial charge on any atom is -0.467 e. The number of methoxy groups -OCH3 is 1. The van der Waals surface area contributed by atoms with Gasteiger partial charge in [-0.2, -0.15) is 0 Å². The smallest absolute Gasteiger partial charge is 0.328 e. The Hall–Kier alpha value is -1.49. The quantitative estimate of drug-likeness (QED) is 0.622. The van der Waals surface area contributed by atoms with Crippen LogP contribution in [-0.4, -0.2) is 25.0 Å². The third-order valence-corrected chi connectivity index (χ3v) is 3.02. The summed E-state index contributed by atoms with van der Waals surface area (Å²) in [4.78, 5) is 24.3. The van der Waals surface area contributed by atoms with Crippen molar-refractivity contribution in [3.63, 3.8) is 0 Å². The second kappa shape index (κ2) is 7.84. The number of hydrogen-bond donors (Lipinski definition) is 2. The molecule has 0 radical (unpaired) electrons. The topological polar surface area (TPSA) is 55.4 Å². The Bertz CT molecular complexity index is 448. The summed E-state index contributed by atoms with van der Waals surface area (Å²) in [5, 5.41) is 2.70. The average Bonchev–Trinajstić information content (AvgIpc) is 2.42. The maximum absolute atomic E-state index is 12.0. The van der Waals surface area contributed by atoms with Gasteiger partial charge < -0.3 is 10.1 Å². The Morgan fingerprint density at radius 3 is 2.74 bits per heavy atom. The summed E-state index contributed by atoms with van der Waals surface area (Å²) in [6.07, 6.45) is 2.39. The summed E-state index contributed by atoms with van der Waals surface area (Å²) in [6.45, 7) is 2.03. The predicted octanol–water partition coefficient (Wildman–Crippen LogP) is 2.44. The van der Waals surface area contributed by atoms with Gasteiger partial charge >= 0.3 is 5.97 Å². The lowest BCUT2D eigenvalue weighted by Gasteiger charge is -2.16. The number of carbonyl (C=O) groups is 2. The fraction of sp³-hybridized carbons (Fsp3) is 0.429. The third-order valence-electron chi connectivity index (χ3n) is 2.75. The first-order valence-electron chi connectivity index (χ1n) is 6.26. The van der Waals surface area contributed by atoms with Gasteiger partial charge in [0.25, 0.3) is 5.91 Å². The van der Waals surface area contributed by atoms with Crippen molar-refractivity contribution in [1.82, 2.24) is 5.32 Å². The van der Waals surface area contributed by atoms with Gasteiger partial charge in [0.1, 0.15) is 6.04 Å².